The Morgan fingerprint density at radius 1 is 1.39 bits per heavy atom. The summed E-state index contributed by atoms with van der Waals surface area (Å²) in [5.74, 6) is 0. The molecule has 1 aromatic heterocycles. The first-order chi connectivity index (χ1) is 8.76. The Morgan fingerprint density at radius 3 is 2.67 bits per heavy atom. The van der Waals surface area contributed by atoms with E-state index in [-0.39, 0.29) is 0 Å². The highest BCUT2D eigenvalue weighted by atomic mass is 32.1. The molecular formula is C14H23N3S. The molecule has 2 bridgehead atoms. The number of aromatic nitrogens is 1. The highest BCUT2D eigenvalue weighted by molar-refractivity contribution is 7.09. The molecule has 0 aromatic carbocycles. The minimum Gasteiger partial charge on any atom is -0.314 e. The van der Waals surface area contributed by atoms with E-state index in [0.29, 0.717) is 0 Å². The summed E-state index contributed by atoms with van der Waals surface area (Å²) in [7, 11) is 0. The van der Waals surface area contributed by atoms with Gasteiger partial charge in [-0.05, 0) is 39.2 Å². The van der Waals surface area contributed by atoms with Gasteiger partial charge < -0.3 is 5.32 Å². The van der Waals surface area contributed by atoms with Crippen molar-refractivity contribution in [2.45, 2.75) is 64.2 Å². The first-order valence-electron chi connectivity index (χ1n) is 7.16. The molecule has 1 N–H and O–H groups in total. The summed E-state index contributed by atoms with van der Waals surface area (Å²) >= 11 is 1.77. The van der Waals surface area contributed by atoms with Crippen LogP contribution in [-0.4, -0.2) is 34.6 Å². The molecule has 0 aliphatic carbocycles. The minimum atomic E-state index is 0.751. The molecule has 0 amide bonds. The molecule has 3 rings (SSSR count). The van der Waals surface area contributed by atoms with Gasteiger partial charge in [-0.3, -0.25) is 4.90 Å². The standard InChI is InChI=1S/C14H23N3S/c1-3-15-11-6-13-4-5-14(7-11)17(13)8-12-9-18-10(2)16-12/h9,11,13-15H,3-8H2,1-2H3. The van der Waals surface area contributed by atoms with E-state index in [2.05, 4.69) is 34.4 Å². The molecule has 0 saturated carbocycles. The van der Waals surface area contributed by atoms with E-state index in [4.69, 9.17) is 0 Å². The van der Waals surface area contributed by atoms with E-state index in [9.17, 15) is 0 Å². The molecule has 2 unspecified atom stereocenters. The van der Waals surface area contributed by atoms with Gasteiger partial charge in [0.2, 0.25) is 0 Å². The molecule has 1 aromatic rings. The van der Waals surface area contributed by atoms with Gasteiger partial charge in [-0.1, -0.05) is 6.92 Å². The van der Waals surface area contributed by atoms with Crippen molar-refractivity contribution in [3.63, 3.8) is 0 Å². The molecular weight excluding hydrogens is 242 g/mol. The van der Waals surface area contributed by atoms with Gasteiger partial charge in [0.05, 0.1) is 10.7 Å². The van der Waals surface area contributed by atoms with Gasteiger partial charge in [0.25, 0.3) is 0 Å². The smallest absolute Gasteiger partial charge is 0.0897 e. The van der Waals surface area contributed by atoms with Crippen LogP contribution >= 0.6 is 11.3 Å². The topological polar surface area (TPSA) is 28.2 Å². The zero-order valence-electron chi connectivity index (χ0n) is 11.4. The Hall–Kier alpha value is -0.450. The summed E-state index contributed by atoms with van der Waals surface area (Å²) in [5, 5.41) is 7.06. The quantitative estimate of drug-likeness (QED) is 0.907. The number of fused-ring (bicyclic) bond motifs is 2. The van der Waals surface area contributed by atoms with E-state index in [0.717, 1.165) is 31.2 Å². The maximum atomic E-state index is 4.62. The molecule has 2 aliphatic rings. The Bertz CT molecular complexity index is 389. The average Bonchev–Trinajstić information content (AvgIpc) is 2.83. The van der Waals surface area contributed by atoms with Gasteiger partial charge in [-0.2, -0.15) is 0 Å². The highest BCUT2D eigenvalue weighted by Gasteiger charge is 2.40. The molecule has 3 heterocycles. The Labute approximate surface area is 114 Å². The van der Waals surface area contributed by atoms with E-state index in [1.165, 1.54) is 36.4 Å². The Kier molecular flexibility index (Phi) is 3.68. The first kappa shape index (κ1) is 12.6. The SMILES string of the molecule is CCNC1CC2CCC(C1)N2Cc1csc(C)n1. The van der Waals surface area contributed by atoms with Crippen LogP contribution in [0.3, 0.4) is 0 Å². The first-order valence-corrected chi connectivity index (χ1v) is 8.04. The summed E-state index contributed by atoms with van der Waals surface area (Å²) in [4.78, 5) is 7.33. The van der Waals surface area contributed by atoms with Crippen molar-refractivity contribution >= 4 is 11.3 Å². The average molecular weight is 265 g/mol. The predicted octanol–water partition coefficient (Wildman–Crippen LogP) is 2.56. The second-order valence-corrected chi connectivity index (χ2v) is 6.70. The highest BCUT2D eigenvalue weighted by Crippen LogP contribution is 2.36. The van der Waals surface area contributed by atoms with Crippen LogP contribution in [0.2, 0.25) is 0 Å². The number of aryl methyl sites for hydroxylation is 1. The normalized spacial score (nSPS) is 32.0. The summed E-state index contributed by atoms with van der Waals surface area (Å²) in [6, 6.07) is 2.32. The number of thiazole rings is 1. The summed E-state index contributed by atoms with van der Waals surface area (Å²) in [6.07, 6.45) is 5.42. The lowest BCUT2D eigenvalue weighted by molar-refractivity contribution is 0.108. The van der Waals surface area contributed by atoms with Crippen molar-refractivity contribution in [1.82, 2.24) is 15.2 Å². The van der Waals surface area contributed by atoms with E-state index < -0.39 is 0 Å². The zero-order chi connectivity index (χ0) is 12.5. The van der Waals surface area contributed by atoms with Crippen LogP contribution in [0.1, 0.15) is 43.3 Å². The molecule has 0 radical (unpaired) electrons. The van der Waals surface area contributed by atoms with Crippen LogP contribution < -0.4 is 5.32 Å². The van der Waals surface area contributed by atoms with Crippen molar-refractivity contribution in [2.24, 2.45) is 0 Å². The van der Waals surface area contributed by atoms with Gasteiger partial charge in [-0.15, -0.1) is 11.3 Å². The van der Waals surface area contributed by atoms with Crippen molar-refractivity contribution in [3.8, 4) is 0 Å². The lowest BCUT2D eigenvalue weighted by Gasteiger charge is -2.38. The van der Waals surface area contributed by atoms with Gasteiger partial charge in [0.15, 0.2) is 0 Å². The van der Waals surface area contributed by atoms with Crippen molar-refractivity contribution in [2.75, 3.05) is 6.54 Å². The second-order valence-electron chi connectivity index (χ2n) is 5.64. The molecule has 0 spiro atoms. The van der Waals surface area contributed by atoms with E-state index >= 15 is 0 Å². The summed E-state index contributed by atoms with van der Waals surface area (Å²) in [6.45, 7) is 6.49. The molecule has 2 saturated heterocycles. The molecule has 2 fully saturated rings. The van der Waals surface area contributed by atoms with Crippen molar-refractivity contribution < 1.29 is 0 Å². The van der Waals surface area contributed by atoms with Crippen LogP contribution in [-0.2, 0) is 6.54 Å². The fourth-order valence-electron chi connectivity index (χ4n) is 3.66. The van der Waals surface area contributed by atoms with Crippen molar-refractivity contribution in [3.05, 3.63) is 16.1 Å². The number of piperidine rings is 1. The molecule has 4 heteroatoms. The Balaban J connectivity index is 1.65. The largest absolute Gasteiger partial charge is 0.314 e. The number of nitrogens with one attached hydrogen (secondary N) is 1. The number of hydrogen-bond donors (Lipinski definition) is 1. The lowest BCUT2D eigenvalue weighted by Crippen LogP contribution is -2.48. The van der Waals surface area contributed by atoms with Crippen LogP contribution in [0.25, 0.3) is 0 Å². The monoisotopic (exact) mass is 265 g/mol. The van der Waals surface area contributed by atoms with Gasteiger partial charge in [-0.25, -0.2) is 4.98 Å². The lowest BCUT2D eigenvalue weighted by atomic mass is 9.97. The van der Waals surface area contributed by atoms with E-state index in [1.54, 1.807) is 11.3 Å². The third kappa shape index (κ3) is 2.46. The molecule has 100 valence electrons. The van der Waals surface area contributed by atoms with E-state index in [1.807, 2.05) is 0 Å². The zero-order valence-corrected chi connectivity index (χ0v) is 12.2. The van der Waals surface area contributed by atoms with Crippen LogP contribution in [0.4, 0.5) is 0 Å². The van der Waals surface area contributed by atoms with Gasteiger partial charge in [0.1, 0.15) is 0 Å². The fourth-order valence-corrected chi connectivity index (χ4v) is 4.26. The molecule has 3 nitrogen and oxygen atoms in total. The number of nitrogens with zero attached hydrogens (tertiary/aromatic N) is 2. The molecule has 18 heavy (non-hydrogen) atoms. The summed E-state index contributed by atoms with van der Waals surface area (Å²) < 4.78 is 0. The third-order valence-electron chi connectivity index (χ3n) is 4.39. The number of rotatable bonds is 4. The third-order valence-corrected chi connectivity index (χ3v) is 5.21. The Morgan fingerprint density at radius 2 is 2.11 bits per heavy atom. The maximum Gasteiger partial charge on any atom is 0.0897 e. The van der Waals surface area contributed by atoms with Crippen LogP contribution in [0.5, 0.6) is 0 Å². The van der Waals surface area contributed by atoms with Crippen LogP contribution in [0.15, 0.2) is 5.38 Å². The summed E-state index contributed by atoms with van der Waals surface area (Å²) in [5.41, 5.74) is 1.27. The predicted molar refractivity (Wildman–Crippen MR) is 75.9 cm³/mol. The number of hydrogen-bond acceptors (Lipinski definition) is 4. The second kappa shape index (κ2) is 5.27. The van der Waals surface area contributed by atoms with Crippen molar-refractivity contribution in [1.29, 1.82) is 0 Å². The molecule has 2 aliphatic heterocycles. The molecule has 2 atom stereocenters. The van der Waals surface area contributed by atoms with Crippen LogP contribution in [0, 0.1) is 6.92 Å². The van der Waals surface area contributed by atoms with Gasteiger partial charge >= 0.3 is 0 Å². The van der Waals surface area contributed by atoms with Gasteiger partial charge in [0, 0.05) is 30.1 Å². The fraction of sp³-hybridized carbons (Fsp3) is 0.786. The maximum absolute atomic E-state index is 4.62. The minimum absolute atomic E-state index is 0.751.